The molecule has 0 radical (unpaired) electrons. The van der Waals surface area contributed by atoms with Gasteiger partial charge >= 0.3 is 0 Å². The minimum Gasteiger partial charge on any atom is -0.492 e. The van der Waals surface area contributed by atoms with Crippen molar-refractivity contribution in [3.05, 3.63) is 42.9 Å². The van der Waals surface area contributed by atoms with Gasteiger partial charge in [0.15, 0.2) is 0 Å². The number of rotatable bonds is 13. The summed E-state index contributed by atoms with van der Waals surface area (Å²) < 4.78 is 10.9. The monoisotopic (exact) mass is 306 g/mol. The van der Waals surface area contributed by atoms with E-state index in [2.05, 4.69) is 6.92 Å². The molecule has 0 aliphatic carbocycles. The molecule has 1 aromatic carbocycles. The Morgan fingerprint density at radius 3 is 2.32 bits per heavy atom. The molecule has 0 aliphatic rings. The summed E-state index contributed by atoms with van der Waals surface area (Å²) in [5.74, 6) is 0.773. The Labute approximate surface area is 135 Å². The molecule has 0 fully saturated rings. The number of aliphatic hydroxyl groups excluding tert-OH is 1. The van der Waals surface area contributed by atoms with Crippen molar-refractivity contribution in [2.45, 2.75) is 64.4 Å². The van der Waals surface area contributed by atoms with Gasteiger partial charge in [-0.05, 0) is 25.0 Å². The van der Waals surface area contributed by atoms with Gasteiger partial charge in [0.05, 0.1) is 6.61 Å². The van der Waals surface area contributed by atoms with Crippen LogP contribution >= 0.6 is 0 Å². The zero-order valence-corrected chi connectivity index (χ0v) is 13.7. The number of para-hydroxylation sites is 1. The van der Waals surface area contributed by atoms with Crippen molar-refractivity contribution in [1.82, 2.24) is 0 Å². The van der Waals surface area contributed by atoms with Gasteiger partial charge in [0.25, 0.3) is 0 Å². The molecule has 1 rings (SSSR count). The summed E-state index contributed by atoms with van der Waals surface area (Å²) in [7, 11) is 0. The lowest BCUT2D eigenvalue weighted by Crippen LogP contribution is -2.14. The lowest BCUT2D eigenvalue weighted by Gasteiger charge is -2.13. The molecule has 22 heavy (non-hydrogen) atoms. The Hall–Kier alpha value is -1.48. The van der Waals surface area contributed by atoms with Crippen LogP contribution in [0.5, 0.6) is 5.75 Å². The van der Waals surface area contributed by atoms with E-state index in [4.69, 9.17) is 9.47 Å². The van der Waals surface area contributed by atoms with Crippen molar-refractivity contribution in [3.8, 4) is 5.75 Å². The second-order valence-corrected chi connectivity index (χ2v) is 5.55. The van der Waals surface area contributed by atoms with Crippen molar-refractivity contribution in [2.24, 2.45) is 0 Å². The molecule has 0 saturated heterocycles. The molecule has 1 aromatic rings. The first kappa shape index (κ1) is 18.6. The van der Waals surface area contributed by atoms with E-state index in [0.717, 1.165) is 18.6 Å². The maximum Gasteiger partial charge on any atom is 0.126 e. The topological polar surface area (TPSA) is 38.7 Å². The largest absolute Gasteiger partial charge is 0.492 e. The minimum absolute atomic E-state index is 0.0471. The van der Waals surface area contributed by atoms with E-state index in [1.807, 2.05) is 30.3 Å². The van der Waals surface area contributed by atoms with Crippen LogP contribution in [0, 0.1) is 0 Å². The third kappa shape index (κ3) is 9.46. The fourth-order valence-corrected chi connectivity index (χ4v) is 2.28. The quantitative estimate of drug-likeness (QED) is 0.409. The molecule has 0 saturated carbocycles. The van der Waals surface area contributed by atoms with E-state index in [0.29, 0.717) is 0 Å². The van der Waals surface area contributed by atoms with E-state index in [1.54, 1.807) is 0 Å². The lowest BCUT2D eigenvalue weighted by atomic mass is 10.1. The molecule has 3 heteroatoms. The summed E-state index contributed by atoms with van der Waals surface area (Å²) in [6.07, 6.45) is 12.7. The zero-order chi connectivity index (χ0) is 15.9. The Morgan fingerprint density at radius 1 is 0.955 bits per heavy atom. The van der Waals surface area contributed by atoms with Crippen molar-refractivity contribution >= 4 is 0 Å². The molecule has 1 atom stereocenters. The van der Waals surface area contributed by atoms with Gasteiger partial charge < -0.3 is 14.6 Å². The molecule has 0 bridgehead atoms. The maximum atomic E-state index is 9.32. The molecule has 0 aliphatic heterocycles. The second-order valence-electron chi connectivity index (χ2n) is 5.55. The van der Waals surface area contributed by atoms with Gasteiger partial charge in [-0.1, -0.05) is 63.6 Å². The standard InChI is InChI=1S/C19H30O3/c1-2-3-4-5-6-7-9-14-19(17-20)22-16-15-21-18-12-10-8-11-13-18/h8,10-13,15-16,19-20H,2-7,9,14,17H2,1H3. The fourth-order valence-electron chi connectivity index (χ4n) is 2.28. The summed E-state index contributed by atoms with van der Waals surface area (Å²) in [6, 6.07) is 9.54. The van der Waals surface area contributed by atoms with Crippen LogP contribution < -0.4 is 4.74 Å². The van der Waals surface area contributed by atoms with Crippen LogP contribution in [-0.4, -0.2) is 17.8 Å². The molecule has 124 valence electrons. The third-order valence-corrected chi connectivity index (χ3v) is 3.61. The lowest BCUT2D eigenvalue weighted by molar-refractivity contribution is 0.0667. The zero-order valence-electron chi connectivity index (χ0n) is 13.7. The van der Waals surface area contributed by atoms with Gasteiger partial charge in [-0.3, -0.25) is 0 Å². The van der Waals surface area contributed by atoms with E-state index < -0.39 is 0 Å². The smallest absolute Gasteiger partial charge is 0.126 e. The van der Waals surface area contributed by atoms with Crippen LogP contribution in [-0.2, 0) is 4.74 Å². The molecular weight excluding hydrogens is 276 g/mol. The van der Waals surface area contributed by atoms with Crippen LogP contribution in [0.15, 0.2) is 42.9 Å². The van der Waals surface area contributed by atoms with Crippen LogP contribution in [0.2, 0.25) is 0 Å². The number of aliphatic hydroxyl groups is 1. The van der Waals surface area contributed by atoms with E-state index >= 15 is 0 Å². The Morgan fingerprint density at radius 2 is 1.64 bits per heavy atom. The average molecular weight is 306 g/mol. The van der Waals surface area contributed by atoms with Crippen molar-refractivity contribution < 1.29 is 14.6 Å². The highest BCUT2D eigenvalue weighted by molar-refractivity contribution is 5.21. The predicted molar refractivity (Wildman–Crippen MR) is 90.8 cm³/mol. The number of benzene rings is 1. The number of ether oxygens (including phenoxy) is 2. The Balaban J connectivity index is 2.06. The van der Waals surface area contributed by atoms with Crippen molar-refractivity contribution in [1.29, 1.82) is 0 Å². The molecule has 1 N–H and O–H groups in total. The molecule has 0 amide bonds. The van der Waals surface area contributed by atoms with Gasteiger partial charge in [0.1, 0.15) is 24.4 Å². The number of unbranched alkanes of at least 4 members (excludes halogenated alkanes) is 6. The molecule has 3 nitrogen and oxygen atoms in total. The first-order valence-electron chi connectivity index (χ1n) is 8.50. The Kier molecular flexibility index (Phi) is 11.1. The highest BCUT2D eigenvalue weighted by atomic mass is 16.5. The minimum atomic E-state index is -0.133. The first-order chi connectivity index (χ1) is 10.9. The van der Waals surface area contributed by atoms with Crippen LogP contribution in [0.1, 0.15) is 58.3 Å². The van der Waals surface area contributed by atoms with Crippen LogP contribution in [0.3, 0.4) is 0 Å². The van der Waals surface area contributed by atoms with E-state index in [1.165, 1.54) is 51.0 Å². The molecule has 0 spiro atoms. The predicted octanol–water partition coefficient (Wildman–Crippen LogP) is 5.05. The summed E-state index contributed by atoms with van der Waals surface area (Å²) in [4.78, 5) is 0. The Bertz CT molecular complexity index is 376. The van der Waals surface area contributed by atoms with Gasteiger partial charge in [-0.25, -0.2) is 0 Å². The number of hydrogen-bond acceptors (Lipinski definition) is 3. The van der Waals surface area contributed by atoms with E-state index in [9.17, 15) is 5.11 Å². The first-order valence-corrected chi connectivity index (χ1v) is 8.50. The third-order valence-electron chi connectivity index (χ3n) is 3.61. The van der Waals surface area contributed by atoms with Crippen molar-refractivity contribution in [3.63, 3.8) is 0 Å². The van der Waals surface area contributed by atoms with Crippen LogP contribution in [0.25, 0.3) is 0 Å². The number of hydrogen-bond donors (Lipinski definition) is 1. The van der Waals surface area contributed by atoms with Crippen LogP contribution in [0.4, 0.5) is 0 Å². The molecular formula is C19H30O3. The highest BCUT2D eigenvalue weighted by Crippen LogP contribution is 2.12. The van der Waals surface area contributed by atoms with E-state index in [-0.39, 0.29) is 12.7 Å². The van der Waals surface area contributed by atoms with Crippen molar-refractivity contribution in [2.75, 3.05) is 6.61 Å². The SMILES string of the molecule is CCCCCCCCCC(CO)OC=COc1ccccc1. The maximum absolute atomic E-state index is 9.32. The second kappa shape index (κ2) is 13.2. The summed E-state index contributed by atoms with van der Waals surface area (Å²) in [5, 5.41) is 9.32. The van der Waals surface area contributed by atoms with Gasteiger partial charge in [0, 0.05) is 0 Å². The fraction of sp³-hybridized carbons (Fsp3) is 0.579. The molecule has 1 unspecified atom stereocenters. The van der Waals surface area contributed by atoms with Gasteiger partial charge in [-0.2, -0.15) is 0 Å². The summed E-state index contributed by atoms with van der Waals surface area (Å²) in [6.45, 7) is 2.28. The van der Waals surface area contributed by atoms with Gasteiger partial charge in [-0.15, -0.1) is 0 Å². The average Bonchev–Trinajstić information content (AvgIpc) is 2.57. The molecule has 0 aromatic heterocycles. The van der Waals surface area contributed by atoms with Gasteiger partial charge in [0.2, 0.25) is 0 Å². The summed E-state index contributed by atoms with van der Waals surface area (Å²) >= 11 is 0. The normalized spacial score (nSPS) is 12.5. The molecule has 0 heterocycles. The summed E-state index contributed by atoms with van der Waals surface area (Å²) in [5.41, 5.74) is 0. The highest BCUT2D eigenvalue weighted by Gasteiger charge is 2.05.